The zero-order valence-corrected chi connectivity index (χ0v) is 13.2. The van der Waals surface area contributed by atoms with Gasteiger partial charge < -0.3 is 9.30 Å². The summed E-state index contributed by atoms with van der Waals surface area (Å²) in [6.07, 6.45) is 0. The normalized spacial score (nSPS) is 10.7. The number of aryl methyl sites for hydroxylation is 1. The van der Waals surface area contributed by atoms with E-state index in [1.807, 2.05) is 60.0 Å². The lowest BCUT2D eigenvalue weighted by Gasteiger charge is -2.12. The fourth-order valence-corrected chi connectivity index (χ4v) is 2.52. The molecule has 1 aromatic heterocycles. The summed E-state index contributed by atoms with van der Waals surface area (Å²) >= 11 is 0. The summed E-state index contributed by atoms with van der Waals surface area (Å²) < 4.78 is 7.82. The molecule has 0 saturated carbocycles. The van der Waals surface area contributed by atoms with E-state index in [0.717, 1.165) is 22.3 Å². The van der Waals surface area contributed by atoms with Crippen LogP contribution in [0.1, 0.15) is 12.5 Å². The Hall–Kier alpha value is -2.82. The molecule has 0 saturated heterocycles. The molecule has 1 heterocycles. The minimum absolute atomic E-state index is 0.138. The molecule has 0 bridgehead atoms. The van der Waals surface area contributed by atoms with Gasteiger partial charge in [0.05, 0.1) is 17.6 Å². The SMILES string of the molecule is CC(=O)Nc1nc2ccccc2n1CCOc1ccccc1C. The lowest BCUT2D eigenvalue weighted by molar-refractivity contribution is -0.114. The number of hydrogen-bond donors (Lipinski definition) is 1. The van der Waals surface area contributed by atoms with E-state index >= 15 is 0 Å². The van der Waals surface area contributed by atoms with Crippen LogP contribution in [0.3, 0.4) is 0 Å². The summed E-state index contributed by atoms with van der Waals surface area (Å²) in [6, 6.07) is 15.7. The molecule has 1 amide bonds. The van der Waals surface area contributed by atoms with Crippen molar-refractivity contribution in [2.75, 3.05) is 11.9 Å². The first-order valence-electron chi connectivity index (χ1n) is 7.56. The first-order valence-corrected chi connectivity index (χ1v) is 7.56. The number of carbonyl (C=O) groups is 1. The lowest BCUT2D eigenvalue weighted by Crippen LogP contribution is -2.15. The molecule has 0 unspecified atom stereocenters. The largest absolute Gasteiger partial charge is 0.491 e. The summed E-state index contributed by atoms with van der Waals surface area (Å²) in [4.78, 5) is 15.9. The van der Waals surface area contributed by atoms with Gasteiger partial charge in [-0.05, 0) is 30.7 Å². The van der Waals surface area contributed by atoms with Crippen LogP contribution in [-0.4, -0.2) is 22.1 Å². The van der Waals surface area contributed by atoms with Gasteiger partial charge in [-0.15, -0.1) is 0 Å². The smallest absolute Gasteiger partial charge is 0.223 e. The predicted octanol–water partition coefficient (Wildman–Crippen LogP) is 3.38. The molecule has 0 fully saturated rings. The number of ether oxygens (including phenoxy) is 1. The van der Waals surface area contributed by atoms with Crippen molar-refractivity contribution < 1.29 is 9.53 Å². The average molecular weight is 309 g/mol. The number of nitrogens with one attached hydrogen (secondary N) is 1. The van der Waals surface area contributed by atoms with Crippen molar-refractivity contribution in [2.24, 2.45) is 0 Å². The third kappa shape index (κ3) is 3.34. The van der Waals surface area contributed by atoms with Gasteiger partial charge in [-0.25, -0.2) is 4.98 Å². The standard InChI is InChI=1S/C18H19N3O2/c1-13-7-3-6-10-17(13)23-12-11-21-16-9-5-4-8-15(16)20-18(21)19-14(2)22/h3-10H,11-12H2,1-2H3,(H,19,20,22). The van der Waals surface area contributed by atoms with Crippen molar-refractivity contribution in [1.82, 2.24) is 9.55 Å². The Morgan fingerprint density at radius 3 is 2.70 bits per heavy atom. The molecule has 0 spiro atoms. The van der Waals surface area contributed by atoms with Gasteiger partial charge in [0.1, 0.15) is 12.4 Å². The molecule has 0 radical (unpaired) electrons. The van der Waals surface area contributed by atoms with E-state index in [9.17, 15) is 4.79 Å². The van der Waals surface area contributed by atoms with Gasteiger partial charge in [0.25, 0.3) is 0 Å². The third-order valence-electron chi connectivity index (χ3n) is 3.61. The molecule has 5 heteroatoms. The van der Waals surface area contributed by atoms with Gasteiger partial charge in [-0.2, -0.15) is 0 Å². The molecule has 118 valence electrons. The number of amides is 1. The van der Waals surface area contributed by atoms with Gasteiger partial charge in [0.15, 0.2) is 0 Å². The predicted molar refractivity (Wildman–Crippen MR) is 90.7 cm³/mol. The van der Waals surface area contributed by atoms with Gasteiger partial charge >= 0.3 is 0 Å². The van der Waals surface area contributed by atoms with E-state index in [1.54, 1.807) is 0 Å². The van der Waals surface area contributed by atoms with E-state index in [0.29, 0.717) is 19.1 Å². The second kappa shape index (κ2) is 6.52. The number of fused-ring (bicyclic) bond motifs is 1. The average Bonchev–Trinajstić information content (AvgIpc) is 2.86. The van der Waals surface area contributed by atoms with Gasteiger partial charge in [-0.1, -0.05) is 30.3 Å². The van der Waals surface area contributed by atoms with Gasteiger partial charge in [0.2, 0.25) is 11.9 Å². The van der Waals surface area contributed by atoms with E-state index in [4.69, 9.17) is 4.74 Å². The van der Waals surface area contributed by atoms with E-state index in [2.05, 4.69) is 10.3 Å². The Morgan fingerprint density at radius 2 is 1.91 bits per heavy atom. The summed E-state index contributed by atoms with van der Waals surface area (Å²) in [5, 5.41) is 2.78. The number of benzene rings is 2. The Balaban J connectivity index is 1.81. The van der Waals surface area contributed by atoms with E-state index in [1.165, 1.54) is 6.92 Å². The van der Waals surface area contributed by atoms with Crippen molar-refractivity contribution in [1.29, 1.82) is 0 Å². The Morgan fingerprint density at radius 1 is 1.17 bits per heavy atom. The highest BCUT2D eigenvalue weighted by atomic mass is 16.5. The number of imidazole rings is 1. The molecule has 0 aliphatic carbocycles. The van der Waals surface area contributed by atoms with Crippen LogP contribution in [0.2, 0.25) is 0 Å². The van der Waals surface area contributed by atoms with Crippen LogP contribution in [0.4, 0.5) is 5.95 Å². The van der Waals surface area contributed by atoms with Crippen LogP contribution in [0.5, 0.6) is 5.75 Å². The molecule has 3 aromatic rings. The van der Waals surface area contributed by atoms with E-state index < -0.39 is 0 Å². The molecular weight excluding hydrogens is 290 g/mol. The summed E-state index contributed by atoms with van der Waals surface area (Å²) in [6.45, 7) is 4.60. The van der Waals surface area contributed by atoms with Gasteiger partial charge in [0, 0.05) is 6.92 Å². The van der Waals surface area contributed by atoms with Crippen LogP contribution in [0, 0.1) is 6.92 Å². The van der Waals surface area contributed by atoms with Crippen molar-refractivity contribution in [3.8, 4) is 5.75 Å². The van der Waals surface area contributed by atoms with Crippen LogP contribution in [-0.2, 0) is 11.3 Å². The Bertz CT molecular complexity index is 839. The van der Waals surface area contributed by atoms with E-state index in [-0.39, 0.29) is 5.91 Å². The van der Waals surface area contributed by atoms with Crippen molar-refractivity contribution in [3.63, 3.8) is 0 Å². The Labute approximate surface area is 134 Å². The topological polar surface area (TPSA) is 56.2 Å². The highest BCUT2D eigenvalue weighted by molar-refractivity contribution is 5.89. The number of anilines is 1. The number of nitrogens with zero attached hydrogens (tertiary/aromatic N) is 2. The first-order chi connectivity index (χ1) is 11.1. The maximum Gasteiger partial charge on any atom is 0.223 e. The zero-order valence-electron chi connectivity index (χ0n) is 13.2. The number of hydrogen-bond acceptors (Lipinski definition) is 3. The van der Waals surface area contributed by atoms with Crippen LogP contribution < -0.4 is 10.1 Å². The quantitative estimate of drug-likeness (QED) is 0.786. The highest BCUT2D eigenvalue weighted by Crippen LogP contribution is 2.20. The second-order valence-electron chi connectivity index (χ2n) is 5.37. The fraction of sp³-hybridized carbons (Fsp3) is 0.222. The first kappa shape index (κ1) is 15.1. The summed E-state index contributed by atoms with van der Waals surface area (Å²) in [5.74, 6) is 1.28. The number of aromatic nitrogens is 2. The van der Waals surface area contributed by atoms with Crippen LogP contribution in [0.25, 0.3) is 11.0 Å². The van der Waals surface area contributed by atoms with Crippen molar-refractivity contribution in [3.05, 3.63) is 54.1 Å². The molecule has 0 aliphatic rings. The molecule has 2 aromatic carbocycles. The monoisotopic (exact) mass is 309 g/mol. The molecule has 0 atom stereocenters. The number of carbonyl (C=O) groups excluding carboxylic acids is 1. The number of para-hydroxylation sites is 3. The molecule has 23 heavy (non-hydrogen) atoms. The molecule has 0 aliphatic heterocycles. The Kier molecular flexibility index (Phi) is 4.28. The molecular formula is C18H19N3O2. The maximum atomic E-state index is 11.4. The lowest BCUT2D eigenvalue weighted by atomic mass is 10.2. The maximum absolute atomic E-state index is 11.4. The number of rotatable bonds is 5. The minimum atomic E-state index is -0.138. The second-order valence-corrected chi connectivity index (χ2v) is 5.37. The summed E-state index contributed by atoms with van der Waals surface area (Å²) in [5.41, 5.74) is 2.93. The van der Waals surface area contributed by atoms with Crippen LogP contribution >= 0.6 is 0 Å². The molecule has 5 nitrogen and oxygen atoms in total. The van der Waals surface area contributed by atoms with Gasteiger partial charge in [-0.3, -0.25) is 10.1 Å². The fourth-order valence-electron chi connectivity index (χ4n) is 2.52. The van der Waals surface area contributed by atoms with Crippen molar-refractivity contribution in [2.45, 2.75) is 20.4 Å². The minimum Gasteiger partial charge on any atom is -0.491 e. The van der Waals surface area contributed by atoms with Crippen LogP contribution in [0.15, 0.2) is 48.5 Å². The summed E-state index contributed by atoms with van der Waals surface area (Å²) in [7, 11) is 0. The van der Waals surface area contributed by atoms with Crippen molar-refractivity contribution >= 4 is 22.9 Å². The highest BCUT2D eigenvalue weighted by Gasteiger charge is 2.11. The zero-order chi connectivity index (χ0) is 16.2. The third-order valence-corrected chi connectivity index (χ3v) is 3.61. The molecule has 1 N–H and O–H groups in total. The molecule has 3 rings (SSSR count).